The monoisotopic (exact) mass is 320 g/mol. The highest BCUT2D eigenvalue weighted by Gasteiger charge is 2.50. The summed E-state index contributed by atoms with van der Waals surface area (Å²) >= 11 is 5.81. The summed E-state index contributed by atoms with van der Waals surface area (Å²) in [5, 5.41) is 16.0. The second kappa shape index (κ2) is 5.46. The third-order valence-electron chi connectivity index (χ3n) is 3.77. The van der Waals surface area contributed by atoms with Gasteiger partial charge in [0.05, 0.1) is 5.41 Å². The molecule has 6 nitrogen and oxygen atoms in total. The van der Waals surface area contributed by atoms with Crippen molar-refractivity contribution >= 4 is 23.5 Å². The van der Waals surface area contributed by atoms with Gasteiger partial charge in [-0.3, -0.25) is 9.59 Å². The molecule has 22 heavy (non-hydrogen) atoms. The van der Waals surface area contributed by atoms with Crippen LogP contribution >= 0.6 is 11.6 Å². The van der Waals surface area contributed by atoms with Crippen LogP contribution in [-0.2, 0) is 4.79 Å². The van der Waals surface area contributed by atoms with Crippen molar-refractivity contribution in [1.29, 1.82) is 0 Å². The minimum Gasteiger partial charge on any atom is -0.481 e. The molecule has 0 aliphatic heterocycles. The molecule has 1 aromatic carbocycles. The number of carboxylic acid groups (broad SMARTS) is 1. The van der Waals surface area contributed by atoms with Crippen LogP contribution in [0.3, 0.4) is 0 Å². The van der Waals surface area contributed by atoms with Gasteiger partial charge in [-0.1, -0.05) is 16.8 Å². The predicted octanol–water partition coefficient (Wildman–Crippen LogP) is 2.59. The smallest absolute Gasteiger partial charge is 0.311 e. The van der Waals surface area contributed by atoms with Crippen LogP contribution in [0.5, 0.6) is 0 Å². The Morgan fingerprint density at radius 1 is 1.32 bits per heavy atom. The molecule has 0 atom stereocenters. The van der Waals surface area contributed by atoms with Crippen LogP contribution in [0.15, 0.2) is 34.9 Å². The predicted molar refractivity (Wildman–Crippen MR) is 78.6 cm³/mol. The number of nitrogens with zero attached hydrogens (tertiary/aromatic N) is 1. The van der Waals surface area contributed by atoms with Crippen molar-refractivity contribution in [3.8, 4) is 11.3 Å². The number of amides is 1. The standard InChI is InChI=1S/C15H13ClN2O4/c16-10-3-1-9(2-4-10)12-7-11(18-22-12)13(19)17-8-15(5-6-15)14(20)21/h1-4,7H,5-6,8H2,(H,17,19)(H,20,21). The fourth-order valence-corrected chi connectivity index (χ4v) is 2.22. The van der Waals surface area contributed by atoms with Crippen LogP contribution in [0, 0.1) is 5.41 Å². The summed E-state index contributed by atoms with van der Waals surface area (Å²) in [7, 11) is 0. The number of carboxylic acids is 1. The van der Waals surface area contributed by atoms with E-state index in [1.165, 1.54) is 6.07 Å². The Kier molecular flexibility index (Phi) is 3.62. The number of hydrogen-bond donors (Lipinski definition) is 2. The van der Waals surface area contributed by atoms with Gasteiger partial charge in [-0.2, -0.15) is 0 Å². The van der Waals surface area contributed by atoms with Crippen LogP contribution < -0.4 is 5.32 Å². The van der Waals surface area contributed by atoms with Crippen molar-refractivity contribution in [2.45, 2.75) is 12.8 Å². The first-order chi connectivity index (χ1) is 10.5. The van der Waals surface area contributed by atoms with E-state index < -0.39 is 17.3 Å². The van der Waals surface area contributed by atoms with E-state index in [0.29, 0.717) is 23.6 Å². The van der Waals surface area contributed by atoms with Gasteiger partial charge in [0.1, 0.15) is 0 Å². The SMILES string of the molecule is O=C(NCC1(C(=O)O)CC1)c1cc(-c2ccc(Cl)cc2)on1. The van der Waals surface area contributed by atoms with Gasteiger partial charge in [0, 0.05) is 23.2 Å². The zero-order valence-electron chi connectivity index (χ0n) is 11.5. The minimum atomic E-state index is -0.880. The van der Waals surface area contributed by atoms with Crippen molar-refractivity contribution in [3.63, 3.8) is 0 Å². The van der Waals surface area contributed by atoms with Crippen LogP contribution in [-0.4, -0.2) is 28.7 Å². The first kappa shape index (κ1) is 14.6. The van der Waals surface area contributed by atoms with Gasteiger partial charge in [0.2, 0.25) is 0 Å². The van der Waals surface area contributed by atoms with Crippen LogP contribution in [0.1, 0.15) is 23.3 Å². The van der Waals surface area contributed by atoms with E-state index in [2.05, 4.69) is 10.5 Å². The van der Waals surface area contributed by atoms with Crippen molar-refractivity contribution in [1.82, 2.24) is 10.5 Å². The number of benzene rings is 1. The number of hydrogen-bond acceptors (Lipinski definition) is 4. The summed E-state index contributed by atoms with van der Waals surface area (Å²) in [6.45, 7) is 0.101. The molecule has 1 heterocycles. The van der Waals surface area contributed by atoms with Gasteiger partial charge in [-0.15, -0.1) is 0 Å². The van der Waals surface area contributed by atoms with E-state index in [9.17, 15) is 9.59 Å². The molecule has 0 spiro atoms. The number of halogens is 1. The molecule has 1 fully saturated rings. The molecule has 114 valence electrons. The zero-order valence-corrected chi connectivity index (χ0v) is 12.3. The summed E-state index contributed by atoms with van der Waals surface area (Å²) < 4.78 is 5.14. The summed E-state index contributed by atoms with van der Waals surface area (Å²) in [6, 6.07) is 8.45. The average molecular weight is 321 g/mol. The van der Waals surface area contributed by atoms with Crippen molar-refractivity contribution in [2.24, 2.45) is 5.41 Å². The summed E-state index contributed by atoms with van der Waals surface area (Å²) in [6.07, 6.45) is 1.16. The lowest BCUT2D eigenvalue weighted by atomic mass is 10.1. The quantitative estimate of drug-likeness (QED) is 0.883. The fourth-order valence-electron chi connectivity index (χ4n) is 2.09. The maximum atomic E-state index is 12.0. The highest BCUT2D eigenvalue weighted by molar-refractivity contribution is 6.30. The molecule has 3 rings (SSSR count). The third kappa shape index (κ3) is 2.82. The van der Waals surface area contributed by atoms with E-state index in [1.807, 2.05) is 0 Å². The number of rotatable bonds is 5. The third-order valence-corrected chi connectivity index (χ3v) is 4.02. The fraction of sp³-hybridized carbons (Fsp3) is 0.267. The maximum Gasteiger partial charge on any atom is 0.311 e. The molecule has 1 aliphatic carbocycles. The van der Waals surface area contributed by atoms with E-state index in [0.717, 1.165) is 5.56 Å². The normalized spacial score (nSPS) is 15.3. The molecule has 0 radical (unpaired) electrons. The van der Waals surface area contributed by atoms with Gasteiger partial charge in [0.15, 0.2) is 11.5 Å². The lowest BCUT2D eigenvalue weighted by Gasteiger charge is -2.09. The highest BCUT2D eigenvalue weighted by atomic mass is 35.5. The number of nitrogens with one attached hydrogen (secondary N) is 1. The first-order valence-corrected chi connectivity index (χ1v) is 7.12. The first-order valence-electron chi connectivity index (χ1n) is 6.74. The molecule has 2 N–H and O–H groups in total. The van der Waals surface area contributed by atoms with Crippen molar-refractivity contribution in [2.75, 3.05) is 6.54 Å². The molecule has 1 aliphatic rings. The summed E-state index contributed by atoms with van der Waals surface area (Å²) in [4.78, 5) is 23.0. The van der Waals surface area contributed by atoms with E-state index >= 15 is 0 Å². The Morgan fingerprint density at radius 3 is 2.59 bits per heavy atom. The van der Waals surface area contributed by atoms with Crippen molar-refractivity contribution in [3.05, 3.63) is 41.0 Å². The molecular weight excluding hydrogens is 308 g/mol. The van der Waals surface area contributed by atoms with E-state index in [1.54, 1.807) is 24.3 Å². The van der Waals surface area contributed by atoms with Gasteiger partial charge in [0.25, 0.3) is 5.91 Å². The molecule has 7 heteroatoms. The molecular formula is C15H13ClN2O4. The van der Waals surface area contributed by atoms with Crippen LogP contribution in [0.25, 0.3) is 11.3 Å². The number of carbonyl (C=O) groups excluding carboxylic acids is 1. The van der Waals surface area contributed by atoms with Crippen LogP contribution in [0.4, 0.5) is 0 Å². The van der Waals surface area contributed by atoms with Gasteiger partial charge >= 0.3 is 5.97 Å². The minimum absolute atomic E-state index is 0.101. The van der Waals surface area contributed by atoms with Gasteiger partial charge in [-0.25, -0.2) is 0 Å². The second-order valence-electron chi connectivity index (χ2n) is 5.35. The molecule has 0 unspecified atom stereocenters. The topological polar surface area (TPSA) is 92.4 Å². The second-order valence-corrected chi connectivity index (χ2v) is 5.79. The Balaban J connectivity index is 1.67. The van der Waals surface area contributed by atoms with Crippen molar-refractivity contribution < 1.29 is 19.2 Å². The number of aromatic nitrogens is 1. The lowest BCUT2D eigenvalue weighted by molar-refractivity contribution is -0.143. The summed E-state index contributed by atoms with van der Waals surface area (Å²) in [5.41, 5.74) is 0.0598. The Labute approximate surface area is 131 Å². The molecule has 1 saturated carbocycles. The maximum absolute atomic E-state index is 12.0. The summed E-state index contributed by atoms with van der Waals surface area (Å²) in [5.74, 6) is -0.882. The van der Waals surface area contributed by atoms with E-state index in [4.69, 9.17) is 21.2 Å². The zero-order chi connectivity index (χ0) is 15.7. The lowest BCUT2D eigenvalue weighted by Crippen LogP contribution is -2.34. The molecule has 1 aromatic heterocycles. The van der Waals surface area contributed by atoms with Gasteiger partial charge < -0.3 is 14.9 Å². The Morgan fingerprint density at radius 2 is 2.00 bits per heavy atom. The van der Waals surface area contributed by atoms with Crippen LogP contribution in [0.2, 0.25) is 5.02 Å². The molecule has 1 amide bonds. The highest BCUT2D eigenvalue weighted by Crippen LogP contribution is 2.45. The Bertz CT molecular complexity index is 719. The molecule has 0 saturated heterocycles. The molecule has 0 bridgehead atoms. The average Bonchev–Trinajstić information content (AvgIpc) is 3.15. The largest absolute Gasteiger partial charge is 0.481 e. The number of aliphatic carboxylic acids is 1. The molecule has 2 aromatic rings. The number of carbonyl (C=O) groups is 2. The van der Waals surface area contributed by atoms with Gasteiger partial charge in [-0.05, 0) is 37.1 Å². The Hall–Kier alpha value is -2.34. The van der Waals surface area contributed by atoms with E-state index in [-0.39, 0.29) is 12.2 Å².